The molecule has 0 radical (unpaired) electrons. The minimum atomic E-state index is -1.87. The van der Waals surface area contributed by atoms with Gasteiger partial charge in [-0.3, -0.25) is 9.59 Å². The molecule has 0 saturated carbocycles. The summed E-state index contributed by atoms with van der Waals surface area (Å²) in [5, 5.41) is 11.1. The molecule has 2 heterocycles. The molecule has 0 unspecified atom stereocenters. The van der Waals surface area contributed by atoms with Crippen molar-refractivity contribution < 1.29 is 19.1 Å². The Morgan fingerprint density at radius 1 is 1.38 bits per heavy atom. The number of amides is 1. The summed E-state index contributed by atoms with van der Waals surface area (Å²) in [6, 6.07) is 6.97. The summed E-state index contributed by atoms with van der Waals surface area (Å²) < 4.78 is 5.26. The van der Waals surface area contributed by atoms with Crippen LogP contribution in [0.2, 0.25) is 0 Å². The fraction of sp³-hybridized carbons (Fsp3) is 0.263. The quantitative estimate of drug-likeness (QED) is 0.678. The molecule has 0 aliphatic carbocycles. The fourth-order valence-electron chi connectivity index (χ4n) is 3.30. The second-order valence-electron chi connectivity index (χ2n) is 6.03. The van der Waals surface area contributed by atoms with Crippen molar-refractivity contribution in [3.05, 3.63) is 65.6 Å². The first-order valence-corrected chi connectivity index (χ1v) is 7.72. The predicted octanol–water partition coefficient (Wildman–Crippen LogP) is 2.89. The predicted molar refractivity (Wildman–Crippen MR) is 90.0 cm³/mol. The lowest BCUT2D eigenvalue weighted by atomic mass is 9.87. The molecular formula is C19H19NO4. The average molecular weight is 325 g/mol. The molecule has 0 fully saturated rings. The number of Topliss-reactive ketones (excluding diaryl/α,β-unsaturated/α-hetero) is 1. The summed E-state index contributed by atoms with van der Waals surface area (Å²) in [4.78, 5) is 27.0. The van der Waals surface area contributed by atoms with Gasteiger partial charge in [-0.05, 0) is 25.5 Å². The maximum Gasteiger partial charge on any atom is 0.264 e. The van der Waals surface area contributed by atoms with E-state index in [1.54, 1.807) is 44.2 Å². The molecule has 0 saturated heterocycles. The molecular weight excluding hydrogens is 306 g/mol. The number of fused-ring (bicyclic) bond motifs is 1. The number of carbonyl (C=O) groups excluding carboxylic acids is 2. The topological polar surface area (TPSA) is 70.8 Å². The lowest BCUT2D eigenvalue weighted by Crippen LogP contribution is -2.42. The molecule has 2 aromatic rings. The van der Waals surface area contributed by atoms with Gasteiger partial charge in [0.25, 0.3) is 5.91 Å². The number of anilines is 1. The Bertz CT molecular complexity index is 816. The van der Waals surface area contributed by atoms with E-state index in [1.165, 1.54) is 11.2 Å². The average Bonchev–Trinajstić information content (AvgIpc) is 2.99. The second-order valence-corrected chi connectivity index (χ2v) is 6.03. The van der Waals surface area contributed by atoms with Gasteiger partial charge < -0.3 is 14.4 Å². The van der Waals surface area contributed by atoms with Crippen LogP contribution in [0.5, 0.6) is 0 Å². The van der Waals surface area contributed by atoms with Crippen LogP contribution < -0.4 is 4.90 Å². The van der Waals surface area contributed by atoms with Crippen molar-refractivity contribution in [1.29, 1.82) is 0 Å². The lowest BCUT2D eigenvalue weighted by Gasteiger charge is -2.22. The largest absolute Gasteiger partial charge is 0.469 e. The molecule has 0 bridgehead atoms. The number of hydrogen-bond acceptors (Lipinski definition) is 4. The molecule has 1 amide bonds. The highest BCUT2D eigenvalue weighted by Gasteiger charge is 2.50. The zero-order valence-electron chi connectivity index (χ0n) is 13.7. The molecule has 1 aromatic carbocycles. The number of ketones is 1. The number of aryl methyl sites for hydroxylation is 2. The van der Waals surface area contributed by atoms with Crippen LogP contribution in [0.1, 0.15) is 33.7 Å². The van der Waals surface area contributed by atoms with E-state index in [9.17, 15) is 14.7 Å². The van der Waals surface area contributed by atoms with Crippen molar-refractivity contribution in [1.82, 2.24) is 0 Å². The third-order valence-corrected chi connectivity index (χ3v) is 4.41. The number of hydrogen-bond donors (Lipinski definition) is 1. The van der Waals surface area contributed by atoms with E-state index < -0.39 is 11.5 Å². The number of benzene rings is 1. The number of carbonyl (C=O) groups is 2. The van der Waals surface area contributed by atoms with Gasteiger partial charge in [-0.25, -0.2) is 0 Å². The van der Waals surface area contributed by atoms with E-state index in [1.807, 2.05) is 0 Å². The number of nitrogens with zero attached hydrogens (tertiary/aromatic N) is 1. The van der Waals surface area contributed by atoms with Crippen molar-refractivity contribution in [3.8, 4) is 0 Å². The van der Waals surface area contributed by atoms with E-state index in [-0.39, 0.29) is 18.7 Å². The van der Waals surface area contributed by atoms with E-state index >= 15 is 0 Å². The molecule has 1 aromatic heterocycles. The maximum atomic E-state index is 12.8. The van der Waals surface area contributed by atoms with Gasteiger partial charge in [0, 0.05) is 12.1 Å². The third kappa shape index (κ3) is 2.29. The van der Waals surface area contributed by atoms with Crippen molar-refractivity contribution in [2.24, 2.45) is 0 Å². The van der Waals surface area contributed by atoms with E-state index in [0.29, 0.717) is 28.1 Å². The minimum Gasteiger partial charge on any atom is -0.469 e. The Hall–Kier alpha value is -2.66. The van der Waals surface area contributed by atoms with E-state index in [4.69, 9.17) is 4.42 Å². The molecule has 1 N–H and O–H groups in total. The maximum absolute atomic E-state index is 12.8. The summed E-state index contributed by atoms with van der Waals surface area (Å²) in [5.74, 6) is -0.330. The summed E-state index contributed by atoms with van der Waals surface area (Å²) in [6.07, 6.45) is 2.77. The Kier molecular flexibility index (Phi) is 3.89. The molecule has 1 aliphatic rings. The summed E-state index contributed by atoms with van der Waals surface area (Å²) in [7, 11) is 0. The first kappa shape index (κ1) is 16.2. The van der Waals surface area contributed by atoms with E-state index in [2.05, 4.69) is 6.58 Å². The molecule has 24 heavy (non-hydrogen) atoms. The zero-order chi connectivity index (χ0) is 17.5. The van der Waals surface area contributed by atoms with Gasteiger partial charge in [-0.15, -0.1) is 6.58 Å². The van der Waals surface area contributed by atoms with Crippen LogP contribution >= 0.6 is 0 Å². The molecule has 5 nitrogen and oxygen atoms in total. The Labute approximate surface area is 140 Å². The molecule has 3 rings (SSSR count). The van der Waals surface area contributed by atoms with Gasteiger partial charge in [0.05, 0.1) is 23.9 Å². The summed E-state index contributed by atoms with van der Waals surface area (Å²) in [5.41, 5.74) is 0.313. The van der Waals surface area contributed by atoms with Gasteiger partial charge in [0.2, 0.25) is 0 Å². The molecule has 124 valence electrons. The first-order valence-electron chi connectivity index (χ1n) is 7.72. The van der Waals surface area contributed by atoms with Crippen molar-refractivity contribution >= 4 is 17.4 Å². The number of rotatable bonds is 5. The molecule has 1 atom stereocenters. The number of furan rings is 1. The van der Waals surface area contributed by atoms with Gasteiger partial charge in [0.15, 0.2) is 11.4 Å². The standard InChI is InChI=1S/C19H19NO4/c1-4-9-20-15-8-6-5-7-14(15)19(23,18(20)22)10-16(21)17-12(2)11-24-13(17)3/h4-8,11,23H,1,9-10H2,2-3H3/t19-/m0/s1. The van der Waals surface area contributed by atoms with Crippen molar-refractivity contribution in [2.45, 2.75) is 25.9 Å². The summed E-state index contributed by atoms with van der Waals surface area (Å²) >= 11 is 0. The van der Waals surface area contributed by atoms with Crippen LogP contribution in [-0.4, -0.2) is 23.3 Å². The van der Waals surface area contributed by atoms with Gasteiger partial charge in [-0.2, -0.15) is 0 Å². The third-order valence-electron chi connectivity index (χ3n) is 4.41. The van der Waals surface area contributed by atoms with Crippen molar-refractivity contribution in [3.63, 3.8) is 0 Å². The van der Waals surface area contributed by atoms with Crippen LogP contribution in [0.4, 0.5) is 5.69 Å². The Balaban J connectivity index is 2.02. The van der Waals surface area contributed by atoms with Crippen LogP contribution in [0.15, 0.2) is 47.6 Å². The minimum absolute atomic E-state index is 0.274. The smallest absolute Gasteiger partial charge is 0.264 e. The fourth-order valence-corrected chi connectivity index (χ4v) is 3.30. The van der Waals surface area contributed by atoms with Crippen molar-refractivity contribution in [2.75, 3.05) is 11.4 Å². The van der Waals surface area contributed by atoms with Crippen LogP contribution in [0.3, 0.4) is 0 Å². The first-order chi connectivity index (χ1) is 11.4. The highest BCUT2D eigenvalue weighted by molar-refractivity contribution is 6.11. The Morgan fingerprint density at radius 3 is 2.71 bits per heavy atom. The number of aliphatic hydroxyl groups is 1. The monoisotopic (exact) mass is 325 g/mol. The van der Waals surface area contributed by atoms with E-state index in [0.717, 1.165) is 0 Å². The normalized spacial score (nSPS) is 19.5. The summed E-state index contributed by atoms with van der Waals surface area (Å²) in [6.45, 7) is 7.38. The highest BCUT2D eigenvalue weighted by Crippen LogP contribution is 2.43. The SMILES string of the molecule is C=CCN1C(=O)[C@](O)(CC(=O)c2c(C)coc2C)c2ccccc21. The van der Waals surface area contributed by atoms with Gasteiger partial charge in [-0.1, -0.05) is 24.3 Å². The second kappa shape index (κ2) is 5.76. The number of para-hydroxylation sites is 1. The van der Waals surface area contributed by atoms with Crippen LogP contribution in [0.25, 0.3) is 0 Å². The zero-order valence-corrected chi connectivity index (χ0v) is 13.7. The molecule has 5 heteroatoms. The van der Waals surface area contributed by atoms with Gasteiger partial charge >= 0.3 is 0 Å². The molecule has 0 spiro atoms. The van der Waals surface area contributed by atoms with Crippen LogP contribution in [0, 0.1) is 13.8 Å². The highest BCUT2D eigenvalue weighted by atomic mass is 16.3. The van der Waals surface area contributed by atoms with Crippen LogP contribution in [-0.2, 0) is 10.4 Å². The lowest BCUT2D eigenvalue weighted by molar-refractivity contribution is -0.135. The Morgan fingerprint density at radius 2 is 2.08 bits per heavy atom. The molecule has 1 aliphatic heterocycles. The van der Waals surface area contributed by atoms with Gasteiger partial charge in [0.1, 0.15) is 5.76 Å².